The van der Waals surface area contributed by atoms with Crippen LogP contribution in [0.15, 0.2) is 24.3 Å². The molecule has 1 aromatic rings. The number of nitrogens with zero attached hydrogens (tertiary/aromatic N) is 1. The number of likely N-dealkylation sites (tertiary alicyclic amines) is 1. The third kappa shape index (κ3) is 5.87. The highest BCUT2D eigenvalue weighted by Crippen LogP contribution is 2.21. The summed E-state index contributed by atoms with van der Waals surface area (Å²) in [6.07, 6.45) is 1.99. The minimum Gasteiger partial charge on any atom is -0.390 e. The normalized spacial score (nSPS) is 19.0. The fourth-order valence-electron chi connectivity index (χ4n) is 3.17. The number of benzene rings is 1. The molecule has 5 heteroatoms. The molecule has 24 heavy (non-hydrogen) atoms. The molecule has 4 nitrogen and oxygen atoms in total. The van der Waals surface area contributed by atoms with Crippen LogP contribution in [-0.4, -0.2) is 48.2 Å². The zero-order chi connectivity index (χ0) is 17.5. The van der Waals surface area contributed by atoms with Crippen molar-refractivity contribution < 1.29 is 14.3 Å². The predicted molar refractivity (Wildman–Crippen MR) is 93.3 cm³/mol. The quantitative estimate of drug-likeness (QED) is 0.804. The van der Waals surface area contributed by atoms with E-state index in [1.807, 2.05) is 6.92 Å². The van der Waals surface area contributed by atoms with Crippen LogP contribution in [0.4, 0.5) is 4.39 Å². The number of β-amino-alcohol motifs (C(OH)–C–C–N with tert-alkyl or cyclic N) is 1. The van der Waals surface area contributed by atoms with Crippen LogP contribution in [0.1, 0.15) is 44.6 Å². The van der Waals surface area contributed by atoms with Crippen molar-refractivity contribution in [2.45, 2.75) is 45.1 Å². The lowest BCUT2D eigenvalue weighted by Gasteiger charge is -2.31. The highest BCUT2D eigenvalue weighted by Gasteiger charge is 2.19. The van der Waals surface area contributed by atoms with E-state index < -0.39 is 6.10 Å². The number of piperidine rings is 1. The maximum atomic E-state index is 13.7. The first-order valence-electron chi connectivity index (χ1n) is 8.87. The van der Waals surface area contributed by atoms with Gasteiger partial charge in [-0.25, -0.2) is 4.39 Å². The molecule has 0 aliphatic carbocycles. The second-order valence-corrected chi connectivity index (χ2v) is 7.07. The van der Waals surface area contributed by atoms with Gasteiger partial charge in [-0.2, -0.15) is 0 Å². The van der Waals surface area contributed by atoms with E-state index in [9.17, 15) is 14.3 Å². The molecule has 0 radical (unpaired) electrons. The molecule has 1 fully saturated rings. The highest BCUT2D eigenvalue weighted by molar-refractivity contribution is 5.76. The van der Waals surface area contributed by atoms with E-state index in [-0.39, 0.29) is 30.6 Å². The topological polar surface area (TPSA) is 52.6 Å². The molecule has 2 N–H and O–H groups in total. The Labute approximate surface area is 144 Å². The number of nitrogens with one attached hydrogen (secondary N) is 1. The van der Waals surface area contributed by atoms with Gasteiger partial charge in [0.25, 0.3) is 0 Å². The molecular formula is C19H29FN2O2. The van der Waals surface area contributed by atoms with Gasteiger partial charge in [0.1, 0.15) is 5.82 Å². The first kappa shape index (κ1) is 18.9. The molecule has 0 bridgehead atoms. The van der Waals surface area contributed by atoms with E-state index in [4.69, 9.17) is 0 Å². The monoisotopic (exact) mass is 336 g/mol. The SMILES string of the molecule is CC1CCN(CC(O)CNC(=O)CC(C)c2ccccc2F)CC1. The second-order valence-electron chi connectivity index (χ2n) is 7.07. The first-order valence-corrected chi connectivity index (χ1v) is 8.87. The molecule has 1 heterocycles. The van der Waals surface area contributed by atoms with Gasteiger partial charge in [-0.1, -0.05) is 32.0 Å². The standard InChI is InChI=1S/C19H29FN2O2/c1-14-7-9-22(10-8-14)13-16(23)12-21-19(24)11-15(2)17-5-3-4-6-18(17)20/h3-6,14-16,23H,7-13H2,1-2H3,(H,21,24). The third-order valence-corrected chi connectivity index (χ3v) is 4.81. The van der Waals surface area contributed by atoms with Crippen LogP contribution in [-0.2, 0) is 4.79 Å². The van der Waals surface area contributed by atoms with Crippen molar-refractivity contribution in [3.8, 4) is 0 Å². The average molecular weight is 336 g/mol. The molecule has 134 valence electrons. The van der Waals surface area contributed by atoms with Crippen LogP contribution in [0.3, 0.4) is 0 Å². The first-order chi connectivity index (χ1) is 11.5. The molecule has 0 aromatic heterocycles. The zero-order valence-corrected chi connectivity index (χ0v) is 14.7. The number of aliphatic hydroxyl groups excluding tert-OH is 1. The molecule has 0 spiro atoms. The molecule has 2 atom stereocenters. The van der Waals surface area contributed by atoms with Gasteiger partial charge >= 0.3 is 0 Å². The Balaban J connectivity index is 1.69. The average Bonchev–Trinajstić information content (AvgIpc) is 2.55. The van der Waals surface area contributed by atoms with E-state index in [2.05, 4.69) is 17.1 Å². The van der Waals surface area contributed by atoms with Crippen molar-refractivity contribution in [1.29, 1.82) is 0 Å². The Hall–Kier alpha value is -1.46. The molecule has 1 aliphatic rings. The minimum absolute atomic E-state index is 0.155. The summed E-state index contributed by atoms with van der Waals surface area (Å²) >= 11 is 0. The van der Waals surface area contributed by atoms with Crippen LogP contribution in [0.25, 0.3) is 0 Å². The molecule has 1 saturated heterocycles. The Morgan fingerprint density at radius 2 is 2.04 bits per heavy atom. The Morgan fingerprint density at radius 1 is 1.38 bits per heavy atom. The molecule has 2 unspecified atom stereocenters. The number of carbonyl (C=O) groups excluding carboxylic acids is 1. The van der Waals surface area contributed by atoms with E-state index >= 15 is 0 Å². The number of halogens is 1. The number of rotatable bonds is 7. The smallest absolute Gasteiger partial charge is 0.220 e. The van der Waals surface area contributed by atoms with Crippen molar-refractivity contribution in [3.05, 3.63) is 35.6 Å². The molecule has 1 amide bonds. The van der Waals surface area contributed by atoms with Crippen molar-refractivity contribution in [2.75, 3.05) is 26.2 Å². The Morgan fingerprint density at radius 3 is 2.71 bits per heavy atom. The summed E-state index contributed by atoms with van der Waals surface area (Å²) in [5.41, 5.74) is 0.552. The van der Waals surface area contributed by atoms with Gasteiger partial charge < -0.3 is 15.3 Å². The van der Waals surface area contributed by atoms with Gasteiger partial charge in [0.15, 0.2) is 0 Å². The summed E-state index contributed by atoms with van der Waals surface area (Å²) in [6, 6.07) is 6.53. The van der Waals surface area contributed by atoms with Crippen LogP contribution in [0, 0.1) is 11.7 Å². The molecule has 0 saturated carbocycles. The van der Waals surface area contributed by atoms with Crippen molar-refractivity contribution in [1.82, 2.24) is 10.2 Å². The van der Waals surface area contributed by atoms with E-state index in [1.54, 1.807) is 18.2 Å². The number of carbonyl (C=O) groups is 1. The van der Waals surface area contributed by atoms with Gasteiger partial charge in [0, 0.05) is 19.5 Å². The fraction of sp³-hybridized carbons (Fsp3) is 0.632. The summed E-state index contributed by atoms with van der Waals surface area (Å²) in [5, 5.41) is 12.9. The fourth-order valence-corrected chi connectivity index (χ4v) is 3.17. The molecule has 1 aliphatic heterocycles. The highest BCUT2D eigenvalue weighted by atomic mass is 19.1. The number of hydrogen-bond acceptors (Lipinski definition) is 3. The third-order valence-electron chi connectivity index (χ3n) is 4.81. The van der Waals surface area contributed by atoms with E-state index in [0.29, 0.717) is 12.1 Å². The molecule has 1 aromatic carbocycles. The number of hydrogen-bond donors (Lipinski definition) is 2. The number of amides is 1. The zero-order valence-electron chi connectivity index (χ0n) is 14.7. The van der Waals surface area contributed by atoms with Gasteiger partial charge in [-0.3, -0.25) is 4.79 Å². The van der Waals surface area contributed by atoms with Gasteiger partial charge in [0.05, 0.1) is 6.10 Å². The van der Waals surface area contributed by atoms with E-state index in [0.717, 1.165) is 19.0 Å². The van der Waals surface area contributed by atoms with Crippen LogP contribution in [0.2, 0.25) is 0 Å². The Bertz CT molecular complexity index is 530. The lowest BCUT2D eigenvalue weighted by molar-refractivity contribution is -0.121. The largest absolute Gasteiger partial charge is 0.390 e. The maximum Gasteiger partial charge on any atom is 0.220 e. The summed E-state index contributed by atoms with van der Waals surface area (Å²) < 4.78 is 13.7. The summed E-state index contributed by atoms with van der Waals surface area (Å²) in [6.45, 7) is 6.95. The maximum absolute atomic E-state index is 13.7. The lowest BCUT2D eigenvalue weighted by Crippen LogP contribution is -2.43. The van der Waals surface area contributed by atoms with E-state index in [1.165, 1.54) is 18.9 Å². The minimum atomic E-state index is -0.564. The summed E-state index contributed by atoms with van der Waals surface area (Å²) in [5.74, 6) is 0.138. The predicted octanol–water partition coefficient (Wildman–Crippen LogP) is 2.53. The van der Waals surface area contributed by atoms with Gasteiger partial charge in [-0.15, -0.1) is 0 Å². The summed E-state index contributed by atoms with van der Waals surface area (Å²) in [7, 11) is 0. The van der Waals surface area contributed by atoms with Gasteiger partial charge in [-0.05, 0) is 49.4 Å². The van der Waals surface area contributed by atoms with Crippen molar-refractivity contribution in [3.63, 3.8) is 0 Å². The molecular weight excluding hydrogens is 307 g/mol. The number of aliphatic hydroxyl groups is 1. The van der Waals surface area contributed by atoms with Crippen LogP contribution >= 0.6 is 0 Å². The van der Waals surface area contributed by atoms with Gasteiger partial charge in [0.2, 0.25) is 5.91 Å². The van der Waals surface area contributed by atoms with Crippen molar-refractivity contribution in [2.24, 2.45) is 5.92 Å². The second kappa shape index (κ2) is 9.14. The summed E-state index contributed by atoms with van der Waals surface area (Å²) in [4.78, 5) is 14.3. The van der Waals surface area contributed by atoms with Crippen LogP contribution in [0.5, 0.6) is 0 Å². The Kier molecular flexibility index (Phi) is 7.18. The van der Waals surface area contributed by atoms with Crippen molar-refractivity contribution >= 4 is 5.91 Å². The van der Waals surface area contributed by atoms with Crippen LogP contribution < -0.4 is 5.32 Å². The molecule has 2 rings (SSSR count). The lowest BCUT2D eigenvalue weighted by atomic mass is 9.97.